The normalized spacial score (nSPS) is 21.3. The van der Waals surface area contributed by atoms with Gasteiger partial charge < -0.3 is 9.31 Å². The van der Waals surface area contributed by atoms with Gasteiger partial charge in [-0.3, -0.25) is 4.57 Å². The number of alkyl halides is 3. The van der Waals surface area contributed by atoms with E-state index in [0.717, 1.165) is 10.9 Å². The Hall–Kier alpha value is -1.54. The van der Waals surface area contributed by atoms with E-state index < -0.39 is 31.0 Å². The average Bonchev–Trinajstić information content (AvgIpc) is 2.96. The summed E-state index contributed by atoms with van der Waals surface area (Å²) in [6.45, 7) is 7.68. The fourth-order valence-corrected chi connectivity index (χ4v) is 2.49. The van der Waals surface area contributed by atoms with Gasteiger partial charge in [-0.25, -0.2) is 18.2 Å². The Kier molecular flexibility index (Phi) is 3.72. The molecule has 1 atom stereocenters. The van der Waals surface area contributed by atoms with E-state index in [0.29, 0.717) is 11.0 Å². The Balaban J connectivity index is 1.99. The highest BCUT2D eigenvalue weighted by molar-refractivity contribution is 6.62. The molecule has 0 amide bonds. The Labute approximate surface area is 132 Å². The minimum atomic E-state index is -3.12. The molecule has 1 fully saturated rings. The van der Waals surface area contributed by atoms with Crippen molar-refractivity contribution in [2.75, 3.05) is 0 Å². The van der Waals surface area contributed by atoms with E-state index in [1.165, 1.54) is 0 Å². The lowest BCUT2D eigenvalue weighted by atomic mass is 9.79. The Morgan fingerprint density at radius 3 is 2.26 bits per heavy atom. The van der Waals surface area contributed by atoms with Crippen LogP contribution in [0, 0.1) is 0 Å². The number of hydrogen-bond acceptors (Lipinski definition) is 3. The van der Waals surface area contributed by atoms with Gasteiger partial charge in [-0.15, -0.1) is 0 Å². The summed E-state index contributed by atoms with van der Waals surface area (Å²) in [5.41, 5.74) is 0.328. The Morgan fingerprint density at radius 1 is 1.09 bits per heavy atom. The molecule has 23 heavy (non-hydrogen) atoms. The summed E-state index contributed by atoms with van der Waals surface area (Å²) >= 11 is 0. The summed E-state index contributed by atoms with van der Waals surface area (Å²) < 4.78 is 51.7. The molecule has 8 heteroatoms. The predicted molar refractivity (Wildman–Crippen MR) is 81.6 cm³/mol. The molecule has 2 aromatic rings. The number of benzene rings is 1. The van der Waals surface area contributed by atoms with Crippen LogP contribution in [0.5, 0.6) is 0 Å². The van der Waals surface area contributed by atoms with E-state index in [4.69, 9.17) is 9.31 Å². The summed E-state index contributed by atoms with van der Waals surface area (Å²) in [5, 5.41) is 0. The van der Waals surface area contributed by atoms with Crippen molar-refractivity contribution in [3.63, 3.8) is 0 Å². The first-order valence-electron chi connectivity index (χ1n) is 7.37. The molecule has 0 aliphatic carbocycles. The van der Waals surface area contributed by atoms with Gasteiger partial charge in [0.1, 0.15) is 0 Å². The van der Waals surface area contributed by atoms with E-state index in [1.54, 1.807) is 18.2 Å². The van der Waals surface area contributed by atoms with Gasteiger partial charge >= 0.3 is 7.12 Å². The molecule has 1 aliphatic rings. The molecule has 0 spiro atoms. The van der Waals surface area contributed by atoms with Crippen LogP contribution in [0.4, 0.5) is 13.2 Å². The highest BCUT2D eigenvalue weighted by Crippen LogP contribution is 2.36. The lowest BCUT2D eigenvalue weighted by molar-refractivity contribution is 0.00578. The first-order chi connectivity index (χ1) is 10.6. The molecule has 1 aromatic heterocycles. The minimum absolute atomic E-state index is 0.282. The Bertz CT molecular complexity index is 717. The average molecular weight is 326 g/mol. The highest BCUT2D eigenvalue weighted by Gasteiger charge is 2.51. The zero-order valence-electron chi connectivity index (χ0n) is 13.4. The number of nitrogens with zero attached hydrogens (tertiary/aromatic N) is 2. The number of halogens is 3. The van der Waals surface area contributed by atoms with E-state index in [-0.39, 0.29) is 5.52 Å². The molecule has 1 saturated heterocycles. The second-order valence-corrected chi connectivity index (χ2v) is 6.70. The van der Waals surface area contributed by atoms with Gasteiger partial charge in [0.25, 0.3) is 6.43 Å². The summed E-state index contributed by atoms with van der Waals surface area (Å²) in [6.07, 6.45) is -4.48. The lowest BCUT2D eigenvalue weighted by Crippen LogP contribution is -2.41. The van der Waals surface area contributed by atoms with Crippen LogP contribution in [0.2, 0.25) is 0 Å². The van der Waals surface area contributed by atoms with Crippen molar-refractivity contribution in [3.8, 4) is 0 Å². The molecule has 2 heterocycles. The number of rotatable bonds is 3. The summed E-state index contributed by atoms with van der Waals surface area (Å²) in [7, 11) is -0.641. The molecule has 0 N–H and O–H groups in total. The van der Waals surface area contributed by atoms with Gasteiger partial charge in [0.15, 0.2) is 0 Å². The van der Waals surface area contributed by atoms with Gasteiger partial charge in [-0.05, 0) is 45.3 Å². The largest absolute Gasteiger partial charge is 0.494 e. The molecule has 0 radical (unpaired) electrons. The molecule has 1 aliphatic heterocycles. The first-order valence-corrected chi connectivity index (χ1v) is 7.37. The van der Waals surface area contributed by atoms with Crippen LogP contribution in [0.3, 0.4) is 0 Å². The maximum atomic E-state index is 13.7. The first kappa shape index (κ1) is 16.3. The third kappa shape index (κ3) is 2.63. The third-order valence-electron chi connectivity index (χ3n) is 4.60. The van der Waals surface area contributed by atoms with Gasteiger partial charge in [0.05, 0.1) is 28.6 Å². The summed E-state index contributed by atoms with van der Waals surface area (Å²) in [6, 6.07) is 4.97. The molecule has 3 rings (SSSR count). The van der Waals surface area contributed by atoms with Gasteiger partial charge in [0, 0.05) is 0 Å². The quantitative estimate of drug-likeness (QED) is 0.814. The van der Waals surface area contributed by atoms with Crippen molar-refractivity contribution in [2.45, 2.75) is 51.6 Å². The van der Waals surface area contributed by atoms with Crippen molar-refractivity contribution in [1.82, 2.24) is 9.55 Å². The molecule has 1 aromatic carbocycles. The zero-order valence-corrected chi connectivity index (χ0v) is 13.4. The van der Waals surface area contributed by atoms with Crippen LogP contribution >= 0.6 is 0 Å². The van der Waals surface area contributed by atoms with Crippen LogP contribution in [0.15, 0.2) is 24.5 Å². The van der Waals surface area contributed by atoms with Crippen LogP contribution < -0.4 is 5.46 Å². The number of imidazole rings is 1. The molecule has 1 unspecified atom stereocenters. The smallest absolute Gasteiger partial charge is 0.399 e. The molecular formula is C15H18BF3N2O2. The van der Waals surface area contributed by atoms with Crippen molar-refractivity contribution in [3.05, 3.63) is 24.5 Å². The fraction of sp³-hybridized carbons (Fsp3) is 0.533. The highest BCUT2D eigenvalue weighted by atomic mass is 19.3. The monoisotopic (exact) mass is 326 g/mol. The van der Waals surface area contributed by atoms with Crippen molar-refractivity contribution >= 4 is 23.6 Å². The van der Waals surface area contributed by atoms with Crippen LogP contribution in [0.25, 0.3) is 11.0 Å². The van der Waals surface area contributed by atoms with Crippen LogP contribution in [-0.4, -0.2) is 34.3 Å². The predicted octanol–water partition coefficient (Wildman–Crippen LogP) is 3.07. The molecule has 0 saturated carbocycles. The third-order valence-corrected chi connectivity index (χ3v) is 4.60. The summed E-state index contributed by atoms with van der Waals surface area (Å²) in [4.78, 5) is 3.96. The van der Waals surface area contributed by atoms with Crippen molar-refractivity contribution < 1.29 is 22.5 Å². The zero-order chi connectivity index (χ0) is 17.0. The van der Waals surface area contributed by atoms with Crippen molar-refractivity contribution in [2.24, 2.45) is 0 Å². The van der Waals surface area contributed by atoms with Crippen LogP contribution in [-0.2, 0) is 9.31 Å². The maximum absolute atomic E-state index is 13.7. The van der Waals surface area contributed by atoms with Gasteiger partial charge in [0.2, 0.25) is 6.30 Å². The molecule has 0 bridgehead atoms. The van der Waals surface area contributed by atoms with Crippen LogP contribution in [0.1, 0.15) is 34.0 Å². The number of aromatic nitrogens is 2. The minimum Gasteiger partial charge on any atom is -0.399 e. The molecular weight excluding hydrogens is 308 g/mol. The fourth-order valence-electron chi connectivity index (χ4n) is 2.49. The second kappa shape index (κ2) is 5.24. The lowest BCUT2D eigenvalue weighted by Gasteiger charge is -2.32. The van der Waals surface area contributed by atoms with Gasteiger partial charge in [-0.1, -0.05) is 6.07 Å². The number of fused-ring (bicyclic) bond motifs is 1. The second-order valence-electron chi connectivity index (χ2n) is 6.70. The molecule has 124 valence electrons. The SMILES string of the molecule is CC1(C)OB(c2ccc3ncn(C(F)C(F)F)c3c2)OC1(C)C. The standard InChI is InChI=1S/C15H18BF3N2O2/c1-14(2)15(3,4)23-16(22-14)9-5-6-10-11(7-9)21(8-20-10)13(19)12(17)18/h5-8,12-13H,1-4H3. The Morgan fingerprint density at radius 2 is 1.70 bits per heavy atom. The van der Waals surface area contributed by atoms with E-state index in [1.807, 2.05) is 27.7 Å². The van der Waals surface area contributed by atoms with Gasteiger partial charge in [-0.2, -0.15) is 0 Å². The van der Waals surface area contributed by atoms with Crippen molar-refractivity contribution in [1.29, 1.82) is 0 Å². The van der Waals surface area contributed by atoms with E-state index in [2.05, 4.69) is 4.98 Å². The summed E-state index contributed by atoms with van der Waals surface area (Å²) in [5.74, 6) is 0. The maximum Gasteiger partial charge on any atom is 0.494 e. The van der Waals surface area contributed by atoms with E-state index in [9.17, 15) is 13.2 Å². The molecule has 4 nitrogen and oxygen atoms in total. The topological polar surface area (TPSA) is 36.3 Å². The number of hydrogen-bond donors (Lipinski definition) is 0. The van der Waals surface area contributed by atoms with E-state index >= 15 is 0 Å².